The number of nitrogens with one attached hydrogen (secondary N) is 2. The third-order valence-corrected chi connectivity index (χ3v) is 4.99. The molecule has 0 unspecified atom stereocenters. The zero-order chi connectivity index (χ0) is 16.0. The standard InChI is InChI=1S/C16H16ClN5O/c1-2-16(6-7-16)13-12(17)15-19-14(21-22(15)20-13)10-4-3-5-11(8-10)18-9-23/h3-5,8-9H,2,6-7H2,1H3,(H,18,23)(H,19,21). The predicted octanol–water partition coefficient (Wildman–Crippen LogP) is 3.39. The summed E-state index contributed by atoms with van der Waals surface area (Å²) < 4.78 is 1.57. The van der Waals surface area contributed by atoms with Gasteiger partial charge in [0.2, 0.25) is 6.41 Å². The second kappa shape index (κ2) is 5.09. The van der Waals surface area contributed by atoms with Crippen molar-refractivity contribution < 1.29 is 4.79 Å². The van der Waals surface area contributed by atoms with Crippen molar-refractivity contribution in [3.05, 3.63) is 35.0 Å². The largest absolute Gasteiger partial charge is 0.329 e. The van der Waals surface area contributed by atoms with Gasteiger partial charge in [0.15, 0.2) is 11.5 Å². The highest BCUT2D eigenvalue weighted by atomic mass is 35.5. The molecule has 2 heterocycles. The number of hydrogen-bond donors (Lipinski definition) is 2. The number of benzene rings is 1. The van der Waals surface area contributed by atoms with Gasteiger partial charge in [-0.05, 0) is 31.4 Å². The highest BCUT2D eigenvalue weighted by Crippen LogP contribution is 2.52. The second-order valence-electron chi connectivity index (χ2n) is 5.95. The summed E-state index contributed by atoms with van der Waals surface area (Å²) in [4.78, 5) is 13.8. The van der Waals surface area contributed by atoms with Crippen molar-refractivity contribution in [2.75, 3.05) is 5.32 Å². The fraction of sp³-hybridized carbons (Fsp3) is 0.312. The lowest BCUT2D eigenvalue weighted by molar-refractivity contribution is -0.105. The summed E-state index contributed by atoms with van der Waals surface area (Å²) in [6.45, 7) is 2.17. The van der Waals surface area contributed by atoms with Crippen LogP contribution >= 0.6 is 11.6 Å². The molecule has 0 saturated heterocycles. The maximum atomic E-state index is 10.6. The second-order valence-corrected chi connectivity index (χ2v) is 6.33. The summed E-state index contributed by atoms with van der Waals surface area (Å²) in [5.41, 5.74) is 3.37. The molecule has 1 aliphatic rings. The smallest absolute Gasteiger partial charge is 0.211 e. The van der Waals surface area contributed by atoms with E-state index < -0.39 is 0 Å². The number of carbonyl (C=O) groups is 1. The summed E-state index contributed by atoms with van der Waals surface area (Å²) in [6, 6.07) is 7.43. The van der Waals surface area contributed by atoms with Gasteiger partial charge in [-0.3, -0.25) is 4.79 Å². The summed E-state index contributed by atoms with van der Waals surface area (Å²) >= 11 is 6.53. The van der Waals surface area contributed by atoms with Gasteiger partial charge in [0.25, 0.3) is 0 Å². The third-order valence-electron chi connectivity index (χ3n) is 4.64. The number of nitrogens with zero attached hydrogens (tertiary/aromatic N) is 3. The van der Waals surface area contributed by atoms with Crippen molar-refractivity contribution >= 4 is 29.3 Å². The van der Waals surface area contributed by atoms with Crippen LogP contribution in [0.5, 0.6) is 0 Å². The molecular weight excluding hydrogens is 314 g/mol. The Labute approximate surface area is 137 Å². The number of amides is 1. The Kier molecular flexibility index (Phi) is 3.16. The average Bonchev–Trinajstić information content (AvgIpc) is 3.14. The van der Waals surface area contributed by atoms with Crippen molar-refractivity contribution in [1.82, 2.24) is 19.8 Å². The van der Waals surface area contributed by atoms with E-state index in [4.69, 9.17) is 11.6 Å². The van der Waals surface area contributed by atoms with Gasteiger partial charge in [0, 0.05) is 16.7 Å². The summed E-state index contributed by atoms with van der Waals surface area (Å²) in [5, 5.41) is 12.4. The Morgan fingerprint density at radius 2 is 2.26 bits per heavy atom. The number of aromatic nitrogens is 4. The van der Waals surface area contributed by atoms with Crippen LogP contribution in [0.15, 0.2) is 24.3 Å². The molecule has 6 nitrogen and oxygen atoms in total. The van der Waals surface area contributed by atoms with Gasteiger partial charge < -0.3 is 10.3 Å². The monoisotopic (exact) mass is 329 g/mol. The average molecular weight is 330 g/mol. The minimum Gasteiger partial charge on any atom is -0.329 e. The van der Waals surface area contributed by atoms with Gasteiger partial charge >= 0.3 is 0 Å². The van der Waals surface area contributed by atoms with Crippen LogP contribution in [-0.4, -0.2) is 26.2 Å². The highest BCUT2D eigenvalue weighted by molar-refractivity contribution is 6.34. The minimum atomic E-state index is 0.138. The molecule has 2 N–H and O–H groups in total. The summed E-state index contributed by atoms with van der Waals surface area (Å²) in [6.07, 6.45) is 3.96. The van der Waals surface area contributed by atoms with Crippen LogP contribution in [0.2, 0.25) is 5.02 Å². The Bertz CT molecular complexity index is 893. The molecular formula is C16H16ClN5O. The fourth-order valence-electron chi connectivity index (χ4n) is 3.00. The molecule has 3 aromatic rings. The van der Waals surface area contributed by atoms with E-state index in [0.29, 0.717) is 28.6 Å². The van der Waals surface area contributed by atoms with E-state index in [1.807, 2.05) is 24.3 Å². The van der Waals surface area contributed by atoms with Crippen LogP contribution in [0.3, 0.4) is 0 Å². The number of rotatable bonds is 5. The van der Waals surface area contributed by atoms with E-state index in [1.165, 1.54) is 0 Å². The first-order valence-electron chi connectivity index (χ1n) is 7.62. The van der Waals surface area contributed by atoms with E-state index in [1.54, 1.807) is 4.63 Å². The molecule has 118 valence electrons. The number of fused-ring (bicyclic) bond motifs is 1. The van der Waals surface area contributed by atoms with Crippen LogP contribution < -0.4 is 5.32 Å². The molecule has 1 saturated carbocycles. The van der Waals surface area contributed by atoms with Gasteiger partial charge in [0.1, 0.15) is 5.02 Å². The molecule has 0 spiro atoms. The first-order valence-corrected chi connectivity index (χ1v) is 8.00. The van der Waals surface area contributed by atoms with Gasteiger partial charge in [0.05, 0.1) is 5.69 Å². The number of H-pyrrole nitrogens is 1. The SMILES string of the molecule is CCC1(c2nn3nc(-c4cccc(NC=O)c4)[nH]c3c2Cl)CC1. The molecule has 1 fully saturated rings. The van der Waals surface area contributed by atoms with Gasteiger partial charge in [-0.1, -0.05) is 30.7 Å². The predicted molar refractivity (Wildman–Crippen MR) is 88.7 cm³/mol. The zero-order valence-electron chi connectivity index (χ0n) is 12.6. The molecule has 0 atom stereocenters. The first-order chi connectivity index (χ1) is 11.2. The number of anilines is 1. The van der Waals surface area contributed by atoms with Crippen LogP contribution in [0.1, 0.15) is 31.9 Å². The minimum absolute atomic E-state index is 0.138. The molecule has 0 radical (unpaired) electrons. The number of hydrogen-bond acceptors (Lipinski definition) is 3. The topological polar surface area (TPSA) is 75.1 Å². The van der Waals surface area contributed by atoms with Gasteiger partial charge in [-0.25, -0.2) is 0 Å². The van der Waals surface area contributed by atoms with E-state index >= 15 is 0 Å². The lowest BCUT2D eigenvalue weighted by Crippen LogP contribution is -2.06. The Morgan fingerprint density at radius 3 is 2.91 bits per heavy atom. The molecule has 1 aromatic carbocycles. The molecule has 1 aliphatic carbocycles. The first kappa shape index (κ1) is 14.3. The highest BCUT2D eigenvalue weighted by Gasteiger charge is 2.46. The zero-order valence-corrected chi connectivity index (χ0v) is 13.4. The molecule has 23 heavy (non-hydrogen) atoms. The lowest BCUT2D eigenvalue weighted by atomic mass is 10.00. The Balaban J connectivity index is 1.76. The van der Waals surface area contributed by atoms with Crippen LogP contribution in [0, 0.1) is 0 Å². The summed E-state index contributed by atoms with van der Waals surface area (Å²) in [5.74, 6) is 0.664. The van der Waals surface area contributed by atoms with E-state index in [0.717, 1.165) is 30.5 Å². The van der Waals surface area contributed by atoms with E-state index in [9.17, 15) is 4.79 Å². The molecule has 4 rings (SSSR count). The van der Waals surface area contributed by atoms with Gasteiger partial charge in [-0.15, -0.1) is 9.73 Å². The van der Waals surface area contributed by atoms with Gasteiger partial charge in [-0.2, -0.15) is 5.10 Å². The lowest BCUT2D eigenvalue weighted by Gasteiger charge is -2.08. The molecule has 1 amide bonds. The van der Waals surface area contributed by atoms with Crippen molar-refractivity contribution in [3.8, 4) is 11.4 Å². The molecule has 0 bridgehead atoms. The Hall–Kier alpha value is -2.34. The van der Waals surface area contributed by atoms with Crippen molar-refractivity contribution in [1.29, 1.82) is 0 Å². The molecule has 7 heteroatoms. The third kappa shape index (κ3) is 2.21. The quantitative estimate of drug-likeness (QED) is 0.704. The molecule has 2 aromatic heterocycles. The van der Waals surface area contributed by atoms with Crippen LogP contribution in [-0.2, 0) is 10.2 Å². The van der Waals surface area contributed by atoms with Crippen LogP contribution in [0.25, 0.3) is 17.0 Å². The number of halogens is 1. The van der Waals surface area contributed by atoms with E-state index in [-0.39, 0.29) is 5.41 Å². The number of aromatic amines is 1. The van der Waals surface area contributed by atoms with E-state index in [2.05, 4.69) is 27.4 Å². The van der Waals surface area contributed by atoms with Crippen LogP contribution in [0.4, 0.5) is 5.69 Å². The Morgan fingerprint density at radius 1 is 1.43 bits per heavy atom. The molecule has 0 aliphatic heterocycles. The summed E-state index contributed by atoms with van der Waals surface area (Å²) in [7, 11) is 0. The van der Waals surface area contributed by atoms with Crippen molar-refractivity contribution in [3.63, 3.8) is 0 Å². The van der Waals surface area contributed by atoms with Crippen molar-refractivity contribution in [2.24, 2.45) is 0 Å². The maximum Gasteiger partial charge on any atom is 0.211 e. The fourth-order valence-corrected chi connectivity index (χ4v) is 3.36. The van der Waals surface area contributed by atoms with Crippen molar-refractivity contribution in [2.45, 2.75) is 31.6 Å². The number of carbonyl (C=O) groups excluding carboxylic acids is 1. The normalized spacial score (nSPS) is 15.7. The maximum absolute atomic E-state index is 10.6.